The lowest BCUT2D eigenvalue weighted by atomic mass is 10.0. The average Bonchev–Trinajstić information content (AvgIpc) is 2.20. The molecule has 4 nitrogen and oxygen atoms in total. The van der Waals surface area contributed by atoms with Gasteiger partial charge in [-0.25, -0.2) is 13.6 Å². The predicted molar refractivity (Wildman–Crippen MR) is 45.0 cm³/mol. The Kier molecular flexibility index (Phi) is 3.33. The number of aliphatic carboxylic acids is 1. The molecule has 0 aliphatic carbocycles. The van der Waals surface area contributed by atoms with Crippen molar-refractivity contribution in [3.05, 3.63) is 35.4 Å². The van der Waals surface area contributed by atoms with E-state index in [1.165, 1.54) is 0 Å². The zero-order valence-electron chi connectivity index (χ0n) is 7.39. The molecule has 82 valence electrons. The minimum absolute atomic E-state index is 0.593. The van der Waals surface area contributed by atoms with Crippen molar-refractivity contribution in [3.8, 4) is 0 Å². The first-order valence-corrected chi connectivity index (χ1v) is 3.98. The fourth-order valence-corrected chi connectivity index (χ4v) is 1.05. The summed E-state index contributed by atoms with van der Waals surface area (Å²) >= 11 is 0. The van der Waals surface area contributed by atoms with E-state index in [-0.39, 0.29) is 0 Å². The van der Waals surface area contributed by atoms with E-state index in [2.05, 4.69) is 0 Å². The van der Waals surface area contributed by atoms with Crippen molar-refractivity contribution in [3.63, 3.8) is 0 Å². The summed E-state index contributed by atoms with van der Waals surface area (Å²) in [5, 5.41) is 26.5. The Morgan fingerprint density at radius 2 is 1.87 bits per heavy atom. The van der Waals surface area contributed by atoms with E-state index < -0.39 is 35.4 Å². The molecule has 1 rings (SSSR count). The summed E-state index contributed by atoms with van der Waals surface area (Å²) in [5.41, 5.74) is -0.593. The number of carboxylic acids is 1. The van der Waals surface area contributed by atoms with E-state index in [1.54, 1.807) is 0 Å². The third-order valence-corrected chi connectivity index (χ3v) is 1.85. The van der Waals surface area contributed by atoms with E-state index in [1.807, 2.05) is 0 Å². The normalized spacial score (nSPS) is 14.7. The second-order valence-electron chi connectivity index (χ2n) is 2.87. The van der Waals surface area contributed by atoms with Gasteiger partial charge in [0, 0.05) is 5.56 Å². The highest BCUT2D eigenvalue weighted by atomic mass is 19.2. The molecule has 0 heterocycles. The maximum atomic E-state index is 13.0. The molecule has 6 heteroatoms. The second kappa shape index (κ2) is 4.33. The second-order valence-corrected chi connectivity index (χ2v) is 2.87. The molecule has 2 unspecified atom stereocenters. The third-order valence-electron chi connectivity index (χ3n) is 1.85. The number of rotatable bonds is 3. The van der Waals surface area contributed by atoms with E-state index in [4.69, 9.17) is 10.2 Å². The molecule has 0 fully saturated rings. The van der Waals surface area contributed by atoms with E-state index in [0.29, 0.717) is 0 Å². The van der Waals surface area contributed by atoms with Crippen molar-refractivity contribution in [2.45, 2.75) is 12.2 Å². The Labute approximate surface area is 83.4 Å². The molecule has 0 spiro atoms. The van der Waals surface area contributed by atoms with Gasteiger partial charge in [0.25, 0.3) is 0 Å². The Hall–Kier alpha value is -1.53. The summed E-state index contributed by atoms with van der Waals surface area (Å²) in [6.07, 6.45) is -4.19. The van der Waals surface area contributed by atoms with Crippen molar-refractivity contribution in [1.29, 1.82) is 0 Å². The third kappa shape index (κ3) is 2.28. The van der Waals surface area contributed by atoms with Crippen LogP contribution < -0.4 is 0 Å². The summed E-state index contributed by atoms with van der Waals surface area (Å²) < 4.78 is 25.7. The van der Waals surface area contributed by atoms with Crippen LogP contribution in [0.4, 0.5) is 8.78 Å². The van der Waals surface area contributed by atoms with Gasteiger partial charge in [-0.2, -0.15) is 0 Å². The first-order valence-electron chi connectivity index (χ1n) is 3.98. The highest BCUT2D eigenvalue weighted by Crippen LogP contribution is 2.22. The maximum Gasteiger partial charge on any atom is 0.335 e. The van der Waals surface area contributed by atoms with Crippen LogP contribution in [0.15, 0.2) is 18.2 Å². The molecule has 15 heavy (non-hydrogen) atoms. The fourth-order valence-electron chi connectivity index (χ4n) is 1.05. The Morgan fingerprint density at radius 3 is 2.40 bits per heavy atom. The van der Waals surface area contributed by atoms with Crippen molar-refractivity contribution in [1.82, 2.24) is 0 Å². The van der Waals surface area contributed by atoms with Gasteiger partial charge in [-0.1, -0.05) is 12.1 Å². The van der Waals surface area contributed by atoms with Crippen molar-refractivity contribution in [2.75, 3.05) is 0 Å². The van der Waals surface area contributed by atoms with Gasteiger partial charge in [0.05, 0.1) is 0 Å². The molecule has 0 bridgehead atoms. The maximum absolute atomic E-state index is 13.0. The van der Waals surface area contributed by atoms with Gasteiger partial charge in [0.15, 0.2) is 17.7 Å². The molecular formula is C9H8F2O4. The SMILES string of the molecule is O=C(O)C(O)C(O)c1cccc(F)c1F. The lowest BCUT2D eigenvalue weighted by Gasteiger charge is -2.14. The number of hydrogen-bond donors (Lipinski definition) is 3. The largest absolute Gasteiger partial charge is 0.479 e. The molecule has 0 radical (unpaired) electrons. The number of halogens is 2. The number of hydrogen-bond acceptors (Lipinski definition) is 3. The molecule has 0 saturated carbocycles. The summed E-state index contributed by atoms with van der Waals surface area (Å²) in [5.74, 6) is -4.30. The van der Waals surface area contributed by atoms with Crippen LogP contribution >= 0.6 is 0 Å². The minimum Gasteiger partial charge on any atom is -0.479 e. The van der Waals surface area contributed by atoms with Gasteiger partial charge in [-0.05, 0) is 6.07 Å². The molecule has 3 N–H and O–H groups in total. The smallest absolute Gasteiger partial charge is 0.335 e. The van der Waals surface area contributed by atoms with Crippen LogP contribution in [0.3, 0.4) is 0 Å². The van der Waals surface area contributed by atoms with E-state index in [9.17, 15) is 18.7 Å². The Bertz CT molecular complexity index is 380. The lowest BCUT2D eigenvalue weighted by molar-refractivity contribution is -0.153. The first-order chi connectivity index (χ1) is 6.95. The molecule has 0 aliphatic heterocycles. The molecule has 0 saturated heterocycles. The molecule has 2 atom stereocenters. The zero-order valence-corrected chi connectivity index (χ0v) is 7.39. The average molecular weight is 218 g/mol. The molecular weight excluding hydrogens is 210 g/mol. The summed E-state index contributed by atoms with van der Waals surface area (Å²) in [6.45, 7) is 0. The number of aliphatic hydroxyl groups is 2. The van der Waals surface area contributed by atoms with Gasteiger partial charge < -0.3 is 15.3 Å². The van der Waals surface area contributed by atoms with Crippen LogP contribution in [0.5, 0.6) is 0 Å². The van der Waals surface area contributed by atoms with Crippen LogP contribution in [0, 0.1) is 11.6 Å². The van der Waals surface area contributed by atoms with Crippen LogP contribution in [-0.4, -0.2) is 27.4 Å². The number of benzene rings is 1. The molecule has 0 aromatic heterocycles. The van der Waals surface area contributed by atoms with Crippen molar-refractivity contribution >= 4 is 5.97 Å². The highest BCUT2D eigenvalue weighted by Gasteiger charge is 2.28. The number of aliphatic hydroxyl groups excluding tert-OH is 2. The van der Waals surface area contributed by atoms with E-state index in [0.717, 1.165) is 18.2 Å². The minimum atomic E-state index is -2.19. The lowest BCUT2D eigenvalue weighted by Crippen LogP contribution is -2.28. The van der Waals surface area contributed by atoms with Crippen LogP contribution in [0.2, 0.25) is 0 Å². The number of carbonyl (C=O) groups is 1. The molecule has 0 aliphatic rings. The highest BCUT2D eigenvalue weighted by molar-refractivity contribution is 5.73. The molecule has 1 aromatic rings. The van der Waals surface area contributed by atoms with Crippen molar-refractivity contribution in [2.24, 2.45) is 0 Å². The first kappa shape index (κ1) is 11.5. The van der Waals surface area contributed by atoms with Crippen molar-refractivity contribution < 1.29 is 28.9 Å². The number of carboxylic acid groups (broad SMARTS) is 1. The zero-order chi connectivity index (χ0) is 11.6. The van der Waals surface area contributed by atoms with Gasteiger partial charge in [-0.3, -0.25) is 0 Å². The van der Waals surface area contributed by atoms with Crippen LogP contribution in [0.1, 0.15) is 11.7 Å². The quantitative estimate of drug-likeness (QED) is 0.688. The fraction of sp³-hybridized carbons (Fsp3) is 0.222. The summed E-state index contributed by atoms with van der Waals surface area (Å²) in [6, 6.07) is 2.92. The van der Waals surface area contributed by atoms with Gasteiger partial charge in [0.1, 0.15) is 6.10 Å². The summed E-state index contributed by atoms with van der Waals surface area (Å²) in [7, 11) is 0. The molecule has 1 aromatic carbocycles. The Balaban J connectivity index is 3.06. The van der Waals surface area contributed by atoms with Gasteiger partial charge in [0.2, 0.25) is 0 Å². The summed E-state index contributed by atoms with van der Waals surface area (Å²) in [4.78, 5) is 10.3. The molecule has 0 amide bonds. The van der Waals surface area contributed by atoms with Gasteiger partial charge in [-0.15, -0.1) is 0 Å². The van der Waals surface area contributed by atoms with Crippen LogP contribution in [0.25, 0.3) is 0 Å². The van der Waals surface area contributed by atoms with Crippen LogP contribution in [-0.2, 0) is 4.79 Å². The van der Waals surface area contributed by atoms with Gasteiger partial charge >= 0.3 is 5.97 Å². The Morgan fingerprint density at radius 1 is 1.27 bits per heavy atom. The predicted octanol–water partition coefficient (Wildman–Crippen LogP) is 0.444. The van der Waals surface area contributed by atoms with E-state index >= 15 is 0 Å². The monoisotopic (exact) mass is 218 g/mol. The topological polar surface area (TPSA) is 77.8 Å². The standard InChI is InChI=1S/C9H8F2O4/c10-5-3-1-2-4(6(5)11)7(12)8(13)9(14)15/h1-3,7-8,12-13H,(H,14,15).